The molecule has 2 fully saturated rings. The van der Waals surface area contributed by atoms with Crippen LogP contribution in [-0.2, 0) is 19.1 Å². The lowest BCUT2D eigenvalue weighted by atomic mass is 9.56. The van der Waals surface area contributed by atoms with Crippen LogP contribution in [-0.4, -0.2) is 43.0 Å². The van der Waals surface area contributed by atoms with Crippen LogP contribution in [0.2, 0.25) is 0 Å². The van der Waals surface area contributed by atoms with Crippen LogP contribution in [0.15, 0.2) is 24.3 Å². The minimum Gasteiger partial charge on any atom is -0.497 e. The number of rotatable bonds is 6. The van der Waals surface area contributed by atoms with Crippen molar-refractivity contribution < 1.29 is 28.9 Å². The Morgan fingerprint density at radius 3 is 2.31 bits per heavy atom. The van der Waals surface area contributed by atoms with Crippen molar-refractivity contribution in [2.45, 2.75) is 64.6 Å². The molecule has 6 atom stereocenters. The van der Waals surface area contributed by atoms with Crippen molar-refractivity contribution in [2.75, 3.05) is 13.7 Å². The quantitative estimate of drug-likeness (QED) is 0.731. The summed E-state index contributed by atoms with van der Waals surface area (Å²) in [4.78, 5) is 23.6. The number of methoxy groups -OCH3 is 1. The van der Waals surface area contributed by atoms with Gasteiger partial charge in [-0.1, -0.05) is 19.1 Å². The van der Waals surface area contributed by atoms with Gasteiger partial charge in [0, 0.05) is 31.8 Å². The molecule has 0 bridgehead atoms. The molecule has 6 nitrogen and oxygen atoms in total. The molecule has 1 aromatic rings. The molecule has 1 aromatic carbocycles. The first-order valence-corrected chi connectivity index (χ1v) is 10.4. The molecule has 6 heteroatoms. The fourth-order valence-electron chi connectivity index (χ4n) is 5.84. The van der Waals surface area contributed by atoms with Gasteiger partial charge < -0.3 is 19.3 Å². The van der Waals surface area contributed by atoms with Gasteiger partial charge in [0.25, 0.3) is 0 Å². The fourth-order valence-corrected chi connectivity index (χ4v) is 5.84. The summed E-state index contributed by atoms with van der Waals surface area (Å²) in [5.74, 6) is 0.547. The summed E-state index contributed by atoms with van der Waals surface area (Å²) in [5, 5.41) is 9.84. The average molecular weight is 405 g/mol. The van der Waals surface area contributed by atoms with Crippen molar-refractivity contribution in [3.63, 3.8) is 0 Å². The van der Waals surface area contributed by atoms with E-state index in [1.165, 1.54) is 13.8 Å². The van der Waals surface area contributed by atoms with Crippen molar-refractivity contribution in [3.05, 3.63) is 29.8 Å². The Labute approximate surface area is 172 Å². The molecule has 2 saturated carbocycles. The van der Waals surface area contributed by atoms with Gasteiger partial charge in [-0.05, 0) is 55.2 Å². The lowest BCUT2D eigenvalue weighted by Gasteiger charge is -2.51. The maximum Gasteiger partial charge on any atom is 0.302 e. The molecule has 1 N–H and O–H groups in total. The summed E-state index contributed by atoms with van der Waals surface area (Å²) in [5.41, 5.74) is 0.794. The van der Waals surface area contributed by atoms with Crippen LogP contribution in [0.3, 0.4) is 0 Å². The van der Waals surface area contributed by atoms with E-state index in [4.69, 9.17) is 14.2 Å². The zero-order chi connectivity index (χ0) is 21.2. The lowest BCUT2D eigenvalue weighted by molar-refractivity contribution is -0.168. The first-order chi connectivity index (χ1) is 13.8. The highest BCUT2D eigenvalue weighted by Crippen LogP contribution is 2.60. The van der Waals surface area contributed by atoms with Crippen molar-refractivity contribution in [3.8, 4) is 5.75 Å². The van der Waals surface area contributed by atoms with Crippen LogP contribution in [0.1, 0.15) is 57.9 Å². The van der Waals surface area contributed by atoms with Gasteiger partial charge in [0.15, 0.2) is 0 Å². The fraction of sp³-hybridized carbons (Fsp3) is 0.652. The third-order valence-electron chi connectivity index (χ3n) is 6.93. The molecule has 29 heavy (non-hydrogen) atoms. The molecule has 160 valence electrons. The van der Waals surface area contributed by atoms with E-state index < -0.39 is 0 Å². The Balaban J connectivity index is 2.01. The largest absolute Gasteiger partial charge is 0.497 e. The third kappa shape index (κ3) is 4.27. The summed E-state index contributed by atoms with van der Waals surface area (Å²) >= 11 is 0. The molecule has 0 amide bonds. The number of hydrogen-bond donors (Lipinski definition) is 1. The second-order valence-electron chi connectivity index (χ2n) is 8.61. The molecule has 2 unspecified atom stereocenters. The SMILES string of the molecule is COc1ccc(C2C(CCO)[C@@H]3CC[C@H](OC(C)=O)[C@@]3(C)C[C@@H]2OC(C)=O)cc1. The normalized spacial score (nSPS) is 33.6. The van der Waals surface area contributed by atoms with Crippen LogP contribution in [0, 0.1) is 17.3 Å². The Hall–Kier alpha value is -2.08. The van der Waals surface area contributed by atoms with Gasteiger partial charge in [-0.15, -0.1) is 0 Å². The van der Waals surface area contributed by atoms with Crippen LogP contribution in [0.4, 0.5) is 0 Å². The summed E-state index contributed by atoms with van der Waals surface area (Å²) < 4.78 is 16.8. The topological polar surface area (TPSA) is 82.1 Å². The standard InChI is InChI=1S/C23H32O6/c1-14(25)28-20-13-23(3)19(9-10-21(23)29-15(2)26)18(11-12-24)22(20)16-5-7-17(27-4)8-6-16/h5-8,18-22,24H,9-13H2,1-4H3/t18?,19-,20-,21-,22?,23-/m0/s1. The van der Waals surface area contributed by atoms with Crippen molar-refractivity contribution in [1.82, 2.24) is 0 Å². The monoisotopic (exact) mass is 404 g/mol. The van der Waals surface area contributed by atoms with Gasteiger partial charge >= 0.3 is 11.9 Å². The lowest BCUT2D eigenvalue weighted by Crippen LogP contribution is -2.50. The van der Waals surface area contributed by atoms with E-state index in [0.717, 1.165) is 24.2 Å². The van der Waals surface area contributed by atoms with Gasteiger partial charge in [0.2, 0.25) is 0 Å². The van der Waals surface area contributed by atoms with Gasteiger partial charge in [0.1, 0.15) is 18.0 Å². The van der Waals surface area contributed by atoms with E-state index in [-0.39, 0.29) is 53.9 Å². The molecular weight excluding hydrogens is 372 g/mol. The first kappa shape index (κ1) is 21.6. The van der Waals surface area contributed by atoms with E-state index in [9.17, 15) is 14.7 Å². The molecule has 2 aliphatic rings. The number of aliphatic hydroxyl groups excluding tert-OH is 1. The smallest absolute Gasteiger partial charge is 0.302 e. The maximum absolute atomic E-state index is 11.9. The summed E-state index contributed by atoms with van der Waals surface area (Å²) in [6.45, 7) is 5.07. The zero-order valence-corrected chi connectivity index (χ0v) is 17.7. The summed E-state index contributed by atoms with van der Waals surface area (Å²) in [6.07, 6.45) is 2.44. The van der Waals surface area contributed by atoms with Gasteiger partial charge in [-0.25, -0.2) is 0 Å². The molecule has 0 radical (unpaired) electrons. The van der Waals surface area contributed by atoms with Crippen molar-refractivity contribution in [1.29, 1.82) is 0 Å². The Morgan fingerprint density at radius 2 is 1.76 bits per heavy atom. The number of carbonyl (C=O) groups excluding carboxylic acids is 2. The molecule has 0 spiro atoms. The van der Waals surface area contributed by atoms with Crippen LogP contribution in [0.5, 0.6) is 5.75 Å². The van der Waals surface area contributed by atoms with E-state index in [2.05, 4.69) is 6.92 Å². The highest BCUT2D eigenvalue weighted by molar-refractivity contribution is 5.67. The molecule has 3 rings (SSSR count). The van der Waals surface area contributed by atoms with E-state index in [1.807, 2.05) is 24.3 Å². The Morgan fingerprint density at radius 1 is 1.10 bits per heavy atom. The van der Waals surface area contributed by atoms with Crippen LogP contribution < -0.4 is 4.74 Å². The van der Waals surface area contributed by atoms with Gasteiger partial charge in [-0.2, -0.15) is 0 Å². The first-order valence-electron chi connectivity index (χ1n) is 10.4. The molecule has 2 aliphatic carbocycles. The predicted molar refractivity (Wildman–Crippen MR) is 107 cm³/mol. The molecular formula is C23H32O6. The van der Waals surface area contributed by atoms with E-state index in [0.29, 0.717) is 12.8 Å². The molecule has 0 saturated heterocycles. The second kappa shape index (κ2) is 8.74. The van der Waals surface area contributed by atoms with Gasteiger partial charge in [0.05, 0.1) is 7.11 Å². The number of hydrogen-bond acceptors (Lipinski definition) is 6. The van der Waals surface area contributed by atoms with E-state index >= 15 is 0 Å². The van der Waals surface area contributed by atoms with E-state index in [1.54, 1.807) is 7.11 Å². The highest BCUT2D eigenvalue weighted by Gasteiger charge is 2.59. The molecule has 0 aliphatic heterocycles. The van der Waals surface area contributed by atoms with Gasteiger partial charge in [-0.3, -0.25) is 9.59 Å². The molecule has 0 aromatic heterocycles. The zero-order valence-electron chi connectivity index (χ0n) is 17.7. The average Bonchev–Trinajstić information content (AvgIpc) is 2.97. The Kier molecular flexibility index (Phi) is 6.52. The van der Waals surface area contributed by atoms with Crippen molar-refractivity contribution >= 4 is 11.9 Å². The maximum atomic E-state index is 11.9. The molecule has 0 heterocycles. The number of esters is 2. The Bertz CT molecular complexity index is 729. The number of aliphatic hydroxyl groups is 1. The number of carbonyl (C=O) groups is 2. The van der Waals surface area contributed by atoms with Crippen molar-refractivity contribution in [2.24, 2.45) is 17.3 Å². The minimum atomic E-state index is -0.338. The summed E-state index contributed by atoms with van der Waals surface area (Å²) in [7, 11) is 1.63. The van der Waals surface area contributed by atoms with Crippen LogP contribution >= 0.6 is 0 Å². The number of ether oxygens (including phenoxy) is 3. The minimum absolute atomic E-state index is 0.0221. The highest BCUT2D eigenvalue weighted by atomic mass is 16.6. The van der Waals surface area contributed by atoms with Crippen LogP contribution in [0.25, 0.3) is 0 Å². The summed E-state index contributed by atoms with van der Waals surface area (Å²) in [6, 6.07) is 7.87. The predicted octanol–water partition coefficient (Wildman–Crippen LogP) is 3.46. The third-order valence-corrected chi connectivity index (χ3v) is 6.93. The number of benzene rings is 1. The number of fused-ring (bicyclic) bond motifs is 1. The second-order valence-corrected chi connectivity index (χ2v) is 8.61.